The van der Waals surface area contributed by atoms with Gasteiger partial charge in [0.2, 0.25) is 0 Å². The SMILES string of the molecule is NC(Cc1ccccc1)C(=O)NS(N)(=O)=O. The zero-order chi connectivity index (χ0) is 12.2. The van der Waals surface area contributed by atoms with Gasteiger partial charge >= 0.3 is 0 Å². The lowest BCUT2D eigenvalue weighted by molar-refractivity contribution is -0.120. The molecule has 1 aromatic carbocycles. The predicted octanol–water partition coefficient (Wildman–Crippen LogP) is -1.12. The summed E-state index contributed by atoms with van der Waals surface area (Å²) in [6, 6.07) is 8.09. The molecule has 16 heavy (non-hydrogen) atoms. The van der Waals surface area contributed by atoms with Crippen molar-refractivity contribution in [2.24, 2.45) is 10.9 Å². The van der Waals surface area contributed by atoms with Gasteiger partial charge in [-0.3, -0.25) is 4.79 Å². The Balaban J connectivity index is 2.60. The minimum atomic E-state index is -4.04. The number of carbonyl (C=O) groups is 1. The number of hydrogen-bond donors (Lipinski definition) is 3. The van der Waals surface area contributed by atoms with E-state index in [0.717, 1.165) is 5.56 Å². The van der Waals surface area contributed by atoms with E-state index in [-0.39, 0.29) is 6.42 Å². The van der Waals surface area contributed by atoms with Gasteiger partial charge in [0.05, 0.1) is 6.04 Å². The first kappa shape index (κ1) is 12.6. The van der Waals surface area contributed by atoms with Crippen molar-refractivity contribution in [3.8, 4) is 0 Å². The van der Waals surface area contributed by atoms with Gasteiger partial charge in [-0.05, 0) is 12.0 Å². The van der Waals surface area contributed by atoms with Crippen molar-refractivity contribution >= 4 is 16.1 Å². The molecule has 0 aliphatic rings. The number of carbonyl (C=O) groups excluding carboxylic acids is 1. The fourth-order valence-corrected chi connectivity index (χ4v) is 1.61. The third-order valence-corrected chi connectivity index (χ3v) is 2.36. The van der Waals surface area contributed by atoms with Gasteiger partial charge in [0, 0.05) is 0 Å². The summed E-state index contributed by atoms with van der Waals surface area (Å²) in [4.78, 5) is 11.3. The normalized spacial score (nSPS) is 13.1. The van der Waals surface area contributed by atoms with Gasteiger partial charge in [0.25, 0.3) is 16.1 Å². The summed E-state index contributed by atoms with van der Waals surface area (Å²) in [7, 11) is -4.04. The molecular weight excluding hydrogens is 230 g/mol. The van der Waals surface area contributed by atoms with E-state index in [4.69, 9.17) is 5.73 Å². The van der Waals surface area contributed by atoms with Crippen LogP contribution in [0.25, 0.3) is 0 Å². The fraction of sp³-hybridized carbons (Fsp3) is 0.222. The molecule has 6 nitrogen and oxygen atoms in total. The molecule has 0 radical (unpaired) electrons. The van der Waals surface area contributed by atoms with Crippen molar-refractivity contribution in [1.82, 2.24) is 4.72 Å². The monoisotopic (exact) mass is 243 g/mol. The van der Waals surface area contributed by atoms with Crippen LogP contribution in [-0.4, -0.2) is 20.4 Å². The molecule has 0 spiro atoms. The summed E-state index contributed by atoms with van der Waals surface area (Å²) >= 11 is 0. The van der Waals surface area contributed by atoms with Crippen LogP contribution >= 0.6 is 0 Å². The van der Waals surface area contributed by atoms with E-state index in [2.05, 4.69) is 5.14 Å². The summed E-state index contributed by atoms with van der Waals surface area (Å²) in [5.74, 6) is -0.814. The van der Waals surface area contributed by atoms with Crippen LogP contribution in [0, 0.1) is 0 Å². The summed E-state index contributed by atoms with van der Waals surface area (Å²) < 4.78 is 22.8. The quantitative estimate of drug-likeness (QED) is 0.621. The van der Waals surface area contributed by atoms with Crippen LogP contribution in [0.5, 0.6) is 0 Å². The van der Waals surface area contributed by atoms with E-state index in [1.54, 1.807) is 29.0 Å². The van der Waals surface area contributed by atoms with Crippen LogP contribution < -0.4 is 15.6 Å². The zero-order valence-corrected chi connectivity index (χ0v) is 9.28. The standard InChI is InChI=1S/C9H13N3O3S/c10-8(9(13)12-16(11,14)15)6-7-4-2-1-3-5-7/h1-5,8H,6,10H2,(H,12,13)(H2,11,14,15). The highest BCUT2D eigenvalue weighted by atomic mass is 32.2. The minimum Gasteiger partial charge on any atom is -0.320 e. The molecule has 7 heteroatoms. The summed E-state index contributed by atoms with van der Waals surface area (Å²) in [6.45, 7) is 0. The highest BCUT2D eigenvalue weighted by molar-refractivity contribution is 7.87. The Morgan fingerprint density at radius 1 is 1.31 bits per heavy atom. The number of benzene rings is 1. The second kappa shape index (κ2) is 5.06. The molecule has 0 aromatic heterocycles. The number of amides is 1. The first-order valence-corrected chi connectivity index (χ1v) is 6.07. The molecule has 0 aliphatic carbocycles. The van der Waals surface area contributed by atoms with Crippen molar-refractivity contribution in [2.45, 2.75) is 12.5 Å². The average molecular weight is 243 g/mol. The number of hydrogen-bond acceptors (Lipinski definition) is 4. The van der Waals surface area contributed by atoms with Crippen molar-refractivity contribution in [3.05, 3.63) is 35.9 Å². The van der Waals surface area contributed by atoms with Crippen LogP contribution in [0.2, 0.25) is 0 Å². The number of rotatable bonds is 4. The van der Waals surface area contributed by atoms with Crippen molar-refractivity contribution < 1.29 is 13.2 Å². The predicted molar refractivity (Wildman–Crippen MR) is 59.4 cm³/mol. The molecule has 1 aromatic rings. The lowest BCUT2D eigenvalue weighted by atomic mass is 10.1. The van der Waals surface area contributed by atoms with E-state index in [9.17, 15) is 13.2 Å². The maximum Gasteiger partial charge on any atom is 0.298 e. The Kier molecular flexibility index (Phi) is 3.99. The molecule has 0 bridgehead atoms. The Hall–Kier alpha value is -1.44. The largest absolute Gasteiger partial charge is 0.320 e. The first-order chi connectivity index (χ1) is 7.38. The topological polar surface area (TPSA) is 115 Å². The Morgan fingerprint density at radius 2 is 1.88 bits per heavy atom. The molecule has 0 heterocycles. The third-order valence-electron chi connectivity index (χ3n) is 1.88. The van der Waals surface area contributed by atoms with Gasteiger partial charge in [-0.2, -0.15) is 8.42 Å². The fourth-order valence-electron chi connectivity index (χ4n) is 1.18. The maximum absolute atomic E-state index is 11.3. The summed E-state index contributed by atoms with van der Waals surface area (Å²) in [5.41, 5.74) is 6.37. The summed E-state index contributed by atoms with van der Waals surface area (Å²) in [6.07, 6.45) is 0.252. The average Bonchev–Trinajstić information content (AvgIpc) is 2.16. The molecule has 1 unspecified atom stereocenters. The lowest BCUT2D eigenvalue weighted by Crippen LogP contribution is -2.46. The molecular formula is C9H13N3O3S. The van der Waals surface area contributed by atoms with Crippen molar-refractivity contribution in [3.63, 3.8) is 0 Å². The highest BCUT2D eigenvalue weighted by Gasteiger charge is 2.17. The first-order valence-electron chi connectivity index (χ1n) is 4.52. The van der Waals surface area contributed by atoms with Gasteiger partial charge in [0.1, 0.15) is 0 Å². The van der Waals surface area contributed by atoms with Crippen LogP contribution in [0.15, 0.2) is 30.3 Å². The van der Waals surface area contributed by atoms with Gasteiger partial charge in [-0.25, -0.2) is 9.86 Å². The van der Waals surface area contributed by atoms with E-state index >= 15 is 0 Å². The Bertz CT molecular complexity index is 458. The Morgan fingerprint density at radius 3 is 2.38 bits per heavy atom. The molecule has 1 amide bonds. The van der Waals surface area contributed by atoms with Crippen molar-refractivity contribution in [1.29, 1.82) is 0 Å². The molecule has 0 aliphatic heterocycles. The van der Waals surface area contributed by atoms with Gasteiger partial charge in [-0.1, -0.05) is 30.3 Å². The van der Waals surface area contributed by atoms with E-state index in [0.29, 0.717) is 0 Å². The molecule has 5 N–H and O–H groups in total. The maximum atomic E-state index is 11.3. The zero-order valence-electron chi connectivity index (χ0n) is 8.46. The molecule has 88 valence electrons. The molecule has 0 saturated carbocycles. The smallest absolute Gasteiger partial charge is 0.298 e. The van der Waals surface area contributed by atoms with Crippen molar-refractivity contribution in [2.75, 3.05) is 0 Å². The lowest BCUT2D eigenvalue weighted by Gasteiger charge is -2.10. The Labute approximate surface area is 93.8 Å². The molecule has 0 saturated heterocycles. The van der Waals surface area contributed by atoms with E-state index in [1.807, 2.05) is 6.07 Å². The second-order valence-electron chi connectivity index (χ2n) is 3.31. The minimum absolute atomic E-state index is 0.252. The van der Waals surface area contributed by atoms with Crippen LogP contribution in [0.3, 0.4) is 0 Å². The highest BCUT2D eigenvalue weighted by Crippen LogP contribution is 2.01. The second-order valence-corrected chi connectivity index (χ2v) is 4.60. The van der Waals surface area contributed by atoms with Gasteiger partial charge in [0.15, 0.2) is 0 Å². The van der Waals surface area contributed by atoms with E-state index < -0.39 is 22.2 Å². The van der Waals surface area contributed by atoms with E-state index in [1.165, 1.54) is 0 Å². The molecule has 0 fully saturated rings. The van der Waals surface area contributed by atoms with Gasteiger partial charge in [-0.15, -0.1) is 0 Å². The van der Waals surface area contributed by atoms with Crippen LogP contribution in [0.4, 0.5) is 0 Å². The van der Waals surface area contributed by atoms with Crippen LogP contribution in [0.1, 0.15) is 5.56 Å². The molecule has 1 atom stereocenters. The number of nitrogens with one attached hydrogen (secondary N) is 1. The van der Waals surface area contributed by atoms with Gasteiger partial charge < -0.3 is 5.73 Å². The molecule has 1 rings (SSSR count). The van der Waals surface area contributed by atoms with Crippen LogP contribution in [-0.2, 0) is 21.4 Å². The summed E-state index contributed by atoms with van der Waals surface area (Å²) in [5, 5.41) is 4.65. The third kappa shape index (κ3) is 4.39. The number of nitrogens with two attached hydrogens (primary N) is 2.